The summed E-state index contributed by atoms with van der Waals surface area (Å²) in [4.78, 5) is 27.2. The van der Waals surface area contributed by atoms with Gasteiger partial charge in [0.1, 0.15) is 0 Å². The van der Waals surface area contributed by atoms with Crippen molar-refractivity contribution < 1.29 is 9.90 Å². The van der Waals surface area contributed by atoms with Crippen LogP contribution in [0.1, 0.15) is 15.9 Å². The van der Waals surface area contributed by atoms with Gasteiger partial charge in [0.2, 0.25) is 5.43 Å². The molecule has 0 saturated carbocycles. The Morgan fingerprint density at radius 2 is 1.95 bits per heavy atom. The molecule has 0 radical (unpaired) electrons. The molecule has 19 heavy (non-hydrogen) atoms. The van der Waals surface area contributed by atoms with Crippen molar-refractivity contribution in [2.45, 2.75) is 0 Å². The normalized spacial score (nSPS) is 10.5. The molecule has 0 atom stereocenters. The highest BCUT2D eigenvalue weighted by Crippen LogP contribution is 2.12. The van der Waals surface area contributed by atoms with Gasteiger partial charge in [-0.05, 0) is 35.9 Å². The third kappa shape index (κ3) is 3.13. The summed E-state index contributed by atoms with van der Waals surface area (Å²) in [5.74, 6) is -0.972. The van der Waals surface area contributed by atoms with Crippen LogP contribution >= 0.6 is 0 Å². The highest BCUT2D eigenvalue weighted by molar-refractivity contribution is 6.08. The number of carbonyl (C=O) groups excluding carboxylic acids is 1. The van der Waals surface area contributed by atoms with Crippen LogP contribution in [0.2, 0.25) is 0 Å². The minimum atomic E-state index is -0.580. The molecule has 0 saturated heterocycles. The van der Waals surface area contributed by atoms with Gasteiger partial charge in [-0.25, -0.2) is 0 Å². The van der Waals surface area contributed by atoms with E-state index in [0.29, 0.717) is 0 Å². The first-order valence-corrected chi connectivity index (χ1v) is 5.63. The Labute approximate surface area is 109 Å². The monoisotopic (exact) mass is 253 g/mol. The van der Waals surface area contributed by atoms with Crippen molar-refractivity contribution in [2.75, 3.05) is 0 Å². The second-order valence-corrected chi connectivity index (χ2v) is 3.83. The van der Waals surface area contributed by atoms with Crippen LogP contribution in [0, 0.1) is 0 Å². The quantitative estimate of drug-likeness (QED) is 0.671. The molecule has 0 aliphatic rings. The number of aromatic nitrogens is 1. The fourth-order valence-corrected chi connectivity index (χ4v) is 1.52. The lowest BCUT2D eigenvalue weighted by molar-refractivity contribution is 0.104. The van der Waals surface area contributed by atoms with Gasteiger partial charge in [0.15, 0.2) is 11.5 Å². The first-order valence-electron chi connectivity index (χ1n) is 5.63. The van der Waals surface area contributed by atoms with E-state index in [1.54, 1.807) is 30.6 Å². The van der Waals surface area contributed by atoms with Gasteiger partial charge >= 0.3 is 0 Å². The molecule has 1 N–H and O–H groups in total. The van der Waals surface area contributed by atoms with Crippen molar-refractivity contribution >= 4 is 11.9 Å². The smallest absolute Gasteiger partial charge is 0.220 e. The van der Waals surface area contributed by atoms with Crippen molar-refractivity contribution in [1.29, 1.82) is 0 Å². The highest BCUT2D eigenvalue weighted by Gasteiger charge is 2.08. The summed E-state index contributed by atoms with van der Waals surface area (Å²) in [6.07, 6.45) is 6.11. The zero-order valence-corrected chi connectivity index (χ0v) is 9.98. The van der Waals surface area contributed by atoms with Crippen LogP contribution < -0.4 is 5.43 Å². The number of pyridine rings is 1. The first-order chi connectivity index (χ1) is 9.18. The third-order valence-electron chi connectivity index (χ3n) is 2.49. The van der Waals surface area contributed by atoms with E-state index in [0.717, 1.165) is 5.56 Å². The summed E-state index contributed by atoms with van der Waals surface area (Å²) in [7, 11) is 0. The van der Waals surface area contributed by atoms with Crippen molar-refractivity contribution in [2.24, 2.45) is 0 Å². The second-order valence-electron chi connectivity index (χ2n) is 3.83. The van der Waals surface area contributed by atoms with Crippen LogP contribution in [0.25, 0.3) is 6.08 Å². The van der Waals surface area contributed by atoms with E-state index in [2.05, 4.69) is 4.98 Å². The summed E-state index contributed by atoms with van der Waals surface area (Å²) < 4.78 is 0. The predicted molar refractivity (Wildman–Crippen MR) is 72.0 cm³/mol. The van der Waals surface area contributed by atoms with Gasteiger partial charge in [0.05, 0.1) is 5.56 Å². The topological polar surface area (TPSA) is 67.3 Å². The molecule has 0 fully saturated rings. The summed E-state index contributed by atoms with van der Waals surface area (Å²) >= 11 is 0. The molecule has 0 amide bonds. The van der Waals surface area contributed by atoms with Gasteiger partial charge in [0, 0.05) is 12.4 Å². The zero-order valence-electron chi connectivity index (χ0n) is 9.98. The van der Waals surface area contributed by atoms with E-state index in [4.69, 9.17) is 0 Å². The molecule has 4 heteroatoms. The Morgan fingerprint density at radius 3 is 2.68 bits per heavy atom. The molecule has 2 rings (SSSR count). The Balaban J connectivity index is 2.32. The number of ketones is 1. The Kier molecular flexibility index (Phi) is 3.83. The molecule has 0 bridgehead atoms. The van der Waals surface area contributed by atoms with Crippen molar-refractivity contribution in [3.8, 4) is 5.75 Å². The fraction of sp³-hybridized carbons (Fsp3) is 0. The average molecular weight is 253 g/mol. The summed E-state index contributed by atoms with van der Waals surface area (Å²) in [6.45, 7) is 0. The minimum Gasteiger partial charge on any atom is -0.504 e. The number of hydrogen-bond acceptors (Lipinski definition) is 4. The lowest BCUT2D eigenvalue weighted by Gasteiger charge is -1.95. The average Bonchev–Trinajstić information content (AvgIpc) is 2.60. The van der Waals surface area contributed by atoms with E-state index in [1.807, 2.05) is 0 Å². The molecule has 0 unspecified atom stereocenters. The molecule has 1 heterocycles. The molecule has 94 valence electrons. The fourth-order valence-electron chi connectivity index (χ4n) is 1.52. The van der Waals surface area contributed by atoms with Crippen LogP contribution in [0.5, 0.6) is 5.75 Å². The number of nitrogens with zero attached hydrogens (tertiary/aromatic N) is 1. The first kappa shape index (κ1) is 12.7. The van der Waals surface area contributed by atoms with E-state index in [-0.39, 0.29) is 5.56 Å². The summed E-state index contributed by atoms with van der Waals surface area (Å²) in [5, 5.41) is 9.65. The van der Waals surface area contributed by atoms with Gasteiger partial charge in [-0.3, -0.25) is 14.6 Å². The Hall–Kier alpha value is -2.75. The van der Waals surface area contributed by atoms with E-state index in [9.17, 15) is 14.7 Å². The van der Waals surface area contributed by atoms with E-state index >= 15 is 0 Å². The lowest BCUT2D eigenvalue weighted by atomic mass is 10.1. The van der Waals surface area contributed by atoms with Crippen molar-refractivity contribution in [1.82, 2.24) is 4.98 Å². The van der Waals surface area contributed by atoms with E-state index < -0.39 is 17.0 Å². The Bertz CT molecular complexity index is 678. The number of hydrogen-bond donors (Lipinski definition) is 1. The highest BCUT2D eigenvalue weighted by atomic mass is 16.3. The van der Waals surface area contributed by atoms with Crippen LogP contribution in [0.15, 0.2) is 59.7 Å². The van der Waals surface area contributed by atoms with Crippen LogP contribution in [0.4, 0.5) is 0 Å². The molecule has 1 aromatic heterocycles. The standard InChI is InChI=1S/C15H11NO3/c17-13(8-7-11-4-3-9-16-10-11)12-5-1-2-6-14(18)15(12)19/h1-10H,(H,18,19)/b8-7+. The number of aromatic hydroxyl groups is 1. The third-order valence-corrected chi connectivity index (χ3v) is 2.49. The molecule has 2 aromatic rings. The van der Waals surface area contributed by atoms with Crippen LogP contribution in [-0.2, 0) is 0 Å². The van der Waals surface area contributed by atoms with Gasteiger partial charge < -0.3 is 5.11 Å². The minimum absolute atomic E-state index is 0.0184. The van der Waals surface area contributed by atoms with Crippen LogP contribution in [-0.4, -0.2) is 15.9 Å². The summed E-state index contributed by atoms with van der Waals surface area (Å²) in [6, 6.07) is 9.17. The van der Waals surface area contributed by atoms with Crippen molar-refractivity contribution in [3.63, 3.8) is 0 Å². The molecule has 0 aliphatic carbocycles. The predicted octanol–water partition coefficient (Wildman–Crippen LogP) is 2.04. The zero-order chi connectivity index (χ0) is 13.7. The van der Waals surface area contributed by atoms with Gasteiger partial charge in [0.25, 0.3) is 0 Å². The second kappa shape index (κ2) is 5.73. The largest absolute Gasteiger partial charge is 0.504 e. The SMILES string of the molecule is O=C(/C=C/c1cccnc1)c1ccccc(=O)c1O. The number of carbonyl (C=O) groups is 1. The van der Waals surface area contributed by atoms with Gasteiger partial charge in [-0.1, -0.05) is 18.2 Å². The van der Waals surface area contributed by atoms with Gasteiger partial charge in [-0.15, -0.1) is 0 Å². The number of rotatable bonds is 3. The maximum Gasteiger partial charge on any atom is 0.220 e. The molecule has 0 aliphatic heterocycles. The molecular formula is C15H11NO3. The number of allylic oxidation sites excluding steroid dienone is 1. The van der Waals surface area contributed by atoms with Crippen LogP contribution in [0.3, 0.4) is 0 Å². The summed E-state index contributed by atoms with van der Waals surface area (Å²) in [5.41, 5.74) is 0.163. The van der Waals surface area contributed by atoms with E-state index in [1.165, 1.54) is 30.3 Å². The Morgan fingerprint density at radius 1 is 1.16 bits per heavy atom. The molecular weight excluding hydrogens is 242 g/mol. The lowest BCUT2D eigenvalue weighted by Crippen LogP contribution is -2.01. The maximum absolute atomic E-state index is 11.9. The van der Waals surface area contributed by atoms with Crippen molar-refractivity contribution in [3.05, 3.63) is 76.2 Å². The van der Waals surface area contributed by atoms with Gasteiger partial charge in [-0.2, -0.15) is 0 Å². The maximum atomic E-state index is 11.9. The molecule has 0 spiro atoms. The molecule has 1 aromatic carbocycles. The molecule has 4 nitrogen and oxygen atoms in total.